The molecule has 43 heavy (non-hydrogen) atoms. The average Bonchev–Trinajstić information content (AvgIpc) is 3.95. The minimum atomic E-state index is -0.173. The summed E-state index contributed by atoms with van der Waals surface area (Å²) in [6, 6.07) is 9.68. The quantitative estimate of drug-likeness (QED) is 0.372. The van der Waals surface area contributed by atoms with Crippen molar-refractivity contribution < 1.29 is 9.53 Å². The number of rotatable bonds is 5. The molecular weight excluding hydrogens is 558 g/mol. The fourth-order valence-electron chi connectivity index (χ4n) is 8.69. The molecule has 0 radical (unpaired) electrons. The Hall–Kier alpha value is -2.82. The molecule has 3 saturated carbocycles. The Morgan fingerprint density at radius 2 is 1.91 bits per heavy atom. The van der Waals surface area contributed by atoms with Crippen molar-refractivity contribution >= 4 is 35.3 Å². The average molecular weight is 602 g/mol. The number of ether oxygens (including phenoxy) is 1. The smallest absolute Gasteiger partial charge is 0.265 e. The number of anilines is 3. The van der Waals surface area contributed by atoms with Crippen molar-refractivity contribution in [3.05, 3.63) is 48.2 Å². The van der Waals surface area contributed by atoms with Crippen LogP contribution in [0, 0.1) is 28.6 Å². The number of pyridine rings is 2. The number of hydrogen-bond acceptors (Lipinski definition) is 9. The van der Waals surface area contributed by atoms with Crippen LogP contribution in [0.5, 0.6) is 0 Å². The molecular formula is C33H43N7O2S. The maximum atomic E-state index is 13.6. The summed E-state index contributed by atoms with van der Waals surface area (Å²) in [5.41, 5.74) is 5.34. The normalized spacial score (nSPS) is 29.6. The molecule has 3 atom stereocenters. The lowest BCUT2D eigenvalue weighted by atomic mass is 9.86. The van der Waals surface area contributed by atoms with Crippen molar-refractivity contribution in [1.82, 2.24) is 20.1 Å². The van der Waals surface area contributed by atoms with Gasteiger partial charge in [0.05, 0.1) is 5.56 Å². The molecule has 228 valence electrons. The van der Waals surface area contributed by atoms with E-state index >= 15 is 0 Å². The number of nitrogens with one attached hydrogen (secondary N) is 3. The number of hydrazine groups is 1. The number of amides is 1. The Balaban J connectivity index is 1.01. The van der Waals surface area contributed by atoms with E-state index in [2.05, 4.69) is 52.2 Å². The van der Waals surface area contributed by atoms with Crippen molar-refractivity contribution in [1.29, 1.82) is 0 Å². The van der Waals surface area contributed by atoms with Crippen molar-refractivity contribution in [2.45, 2.75) is 82.5 Å². The molecule has 3 unspecified atom stereocenters. The molecule has 10 heteroatoms. The van der Waals surface area contributed by atoms with E-state index in [1.807, 2.05) is 41.5 Å². The van der Waals surface area contributed by atoms with Gasteiger partial charge in [0.2, 0.25) is 0 Å². The summed E-state index contributed by atoms with van der Waals surface area (Å²) in [4.78, 5) is 25.8. The number of hydrogen-bond donors (Lipinski definition) is 3. The van der Waals surface area contributed by atoms with E-state index in [0.29, 0.717) is 17.4 Å². The van der Waals surface area contributed by atoms with Crippen LogP contribution in [0.25, 0.3) is 0 Å². The van der Waals surface area contributed by atoms with Crippen molar-refractivity contribution in [2.75, 3.05) is 34.9 Å². The van der Waals surface area contributed by atoms with Gasteiger partial charge in [-0.1, -0.05) is 13.0 Å². The SMILES string of the molecule is CC1CCNc2cccc(n2)SNC(=O)c2ccc(N3C=CC(OCCC4C5(CC5)C45CC5)N3)nc2N2CC1CC2(C)C. The van der Waals surface area contributed by atoms with E-state index in [1.165, 1.54) is 44.1 Å². The van der Waals surface area contributed by atoms with E-state index in [9.17, 15) is 4.79 Å². The van der Waals surface area contributed by atoms with E-state index in [0.717, 1.165) is 71.8 Å². The highest BCUT2D eigenvalue weighted by Crippen LogP contribution is 2.93. The van der Waals surface area contributed by atoms with Crippen LogP contribution in [0.3, 0.4) is 0 Å². The second-order valence-corrected chi connectivity index (χ2v) is 15.1. The fourth-order valence-corrected chi connectivity index (χ4v) is 9.28. The molecule has 2 aromatic rings. The molecule has 8 rings (SSSR count). The number of carbonyl (C=O) groups excluding carboxylic acids is 1. The third-order valence-electron chi connectivity index (χ3n) is 11.4. The molecule has 3 aliphatic heterocycles. The van der Waals surface area contributed by atoms with E-state index in [1.54, 1.807) is 0 Å². The predicted molar refractivity (Wildman–Crippen MR) is 170 cm³/mol. The lowest BCUT2D eigenvalue weighted by Crippen LogP contribution is -2.41. The van der Waals surface area contributed by atoms with Crippen molar-refractivity contribution in [2.24, 2.45) is 28.6 Å². The van der Waals surface area contributed by atoms with Gasteiger partial charge in [-0.2, -0.15) is 5.43 Å². The number of carbonyl (C=O) groups is 1. The van der Waals surface area contributed by atoms with Gasteiger partial charge < -0.3 is 15.0 Å². The maximum absolute atomic E-state index is 13.6. The molecule has 1 saturated heterocycles. The molecule has 9 nitrogen and oxygen atoms in total. The molecule has 3 N–H and O–H groups in total. The summed E-state index contributed by atoms with van der Waals surface area (Å²) in [6.45, 7) is 9.41. The van der Waals surface area contributed by atoms with Crippen LogP contribution >= 0.6 is 11.9 Å². The second-order valence-electron chi connectivity index (χ2n) is 14.3. The molecule has 4 bridgehead atoms. The van der Waals surface area contributed by atoms with Crippen LogP contribution in [0.2, 0.25) is 0 Å². The van der Waals surface area contributed by atoms with Crippen LogP contribution in [0.1, 0.15) is 76.1 Å². The summed E-state index contributed by atoms with van der Waals surface area (Å²) in [5.74, 6) is 4.05. The highest BCUT2D eigenvalue weighted by Gasteiger charge is 2.85. The first kappa shape index (κ1) is 27.7. The molecule has 4 fully saturated rings. The number of fused-ring (bicyclic) bond motifs is 7. The molecule has 5 heterocycles. The largest absolute Gasteiger partial charge is 0.370 e. The van der Waals surface area contributed by atoms with E-state index < -0.39 is 0 Å². The maximum Gasteiger partial charge on any atom is 0.265 e. The Kier molecular flexibility index (Phi) is 6.51. The van der Waals surface area contributed by atoms with Gasteiger partial charge in [-0.3, -0.25) is 14.5 Å². The van der Waals surface area contributed by atoms with Crippen molar-refractivity contribution in [3.8, 4) is 0 Å². The van der Waals surface area contributed by atoms with Gasteiger partial charge in [0, 0.05) is 43.4 Å². The van der Waals surface area contributed by atoms with Crippen molar-refractivity contribution in [3.63, 3.8) is 0 Å². The zero-order valence-corrected chi connectivity index (χ0v) is 26.3. The Bertz CT molecular complexity index is 1440. The molecule has 0 aromatic carbocycles. The monoisotopic (exact) mass is 601 g/mol. The first-order valence-electron chi connectivity index (χ1n) is 16.1. The molecule has 1 amide bonds. The summed E-state index contributed by atoms with van der Waals surface area (Å²) in [6.07, 6.45) is 12.9. The third-order valence-corrected chi connectivity index (χ3v) is 12.1. The van der Waals surface area contributed by atoms with Gasteiger partial charge in [-0.15, -0.1) is 0 Å². The first-order chi connectivity index (χ1) is 20.8. The van der Waals surface area contributed by atoms with E-state index in [-0.39, 0.29) is 17.7 Å². The van der Waals surface area contributed by atoms with Gasteiger partial charge in [0.1, 0.15) is 28.7 Å². The van der Waals surface area contributed by atoms with Crippen LogP contribution < -0.4 is 25.4 Å². The second kappa shape index (κ2) is 10.1. The Labute approximate surface area is 258 Å². The molecule has 2 spiro atoms. The molecule has 6 aliphatic rings. The fraction of sp³-hybridized carbons (Fsp3) is 0.606. The number of nitrogens with zero attached hydrogens (tertiary/aromatic N) is 4. The Morgan fingerprint density at radius 1 is 1.09 bits per heavy atom. The minimum absolute atomic E-state index is 0.135. The van der Waals surface area contributed by atoms with Gasteiger partial charge >= 0.3 is 0 Å². The topological polar surface area (TPSA) is 94.7 Å². The van der Waals surface area contributed by atoms with Crippen LogP contribution in [-0.2, 0) is 4.74 Å². The zero-order valence-electron chi connectivity index (χ0n) is 25.4. The highest BCUT2D eigenvalue weighted by atomic mass is 32.2. The lowest BCUT2D eigenvalue weighted by Gasteiger charge is -2.34. The van der Waals surface area contributed by atoms with E-state index in [4.69, 9.17) is 9.72 Å². The third kappa shape index (κ3) is 4.80. The predicted octanol–water partition coefficient (Wildman–Crippen LogP) is 5.73. The van der Waals surface area contributed by atoms with Gasteiger partial charge in [-0.25, -0.2) is 9.97 Å². The van der Waals surface area contributed by atoms with Gasteiger partial charge in [0.25, 0.3) is 5.91 Å². The van der Waals surface area contributed by atoms with Crippen LogP contribution in [0.4, 0.5) is 17.5 Å². The van der Waals surface area contributed by atoms with Gasteiger partial charge in [-0.05, 0) is 118 Å². The summed E-state index contributed by atoms with van der Waals surface area (Å²) in [5, 5.41) is 6.15. The zero-order chi connectivity index (χ0) is 29.4. The van der Waals surface area contributed by atoms with Gasteiger partial charge in [0.15, 0.2) is 0 Å². The van der Waals surface area contributed by atoms with Crippen LogP contribution in [-0.4, -0.2) is 47.3 Å². The summed E-state index contributed by atoms with van der Waals surface area (Å²) in [7, 11) is 0. The molecule has 2 aromatic heterocycles. The number of aromatic nitrogens is 2. The molecule has 3 aliphatic carbocycles. The highest BCUT2D eigenvalue weighted by molar-refractivity contribution is 7.97. The van der Waals surface area contributed by atoms with Crippen LogP contribution in [0.15, 0.2) is 47.6 Å². The Morgan fingerprint density at radius 3 is 2.70 bits per heavy atom. The summed E-state index contributed by atoms with van der Waals surface area (Å²) >= 11 is 1.24. The summed E-state index contributed by atoms with van der Waals surface area (Å²) < 4.78 is 9.28. The standard InChI is InChI=1S/C33H43N7O2S/c1-21-9-16-34-25-5-4-6-28(35-25)43-38-30(41)23-7-8-26(36-29(23)39-20-22(21)19-31(39,2)3)40-17-10-27(37-40)42-18-11-24-32(12-13-32)33(24)14-15-33/h4-8,10,17,21-22,24,27,37H,9,11-16,18-20H2,1-3H3,(H,34,35)(H,38,41). The lowest BCUT2D eigenvalue weighted by molar-refractivity contribution is 0.0624. The minimum Gasteiger partial charge on any atom is -0.370 e. The first-order valence-corrected chi connectivity index (χ1v) is 16.9.